The Kier molecular flexibility index (Phi) is 6.21. The molecule has 0 aromatic heterocycles. The second-order valence-corrected chi connectivity index (χ2v) is 5.60. The summed E-state index contributed by atoms with van der Waals surface area (Å²) in [7, 11) is 0. The fourth-order valence-electron chi connectivity index (χ4n) is 1.72. The van der Waals surface area contributed by atoms with E-state index in [1.165, 1.54) is 18.2 Å². The number of amides is 1. The highest BCUT2D eigenvalue weighted by Crippen LogP contribution is 2.21. The van der Waals surface area contributed by atoms with Crippen LogP contribution in [0, 0.1) is 0 Å². The molecule has 2 rings (SSSR count). The second-order valence-electron chi connectivity index (χ2n) is 4.76. The summed E-state index contributed by atoms with van der Waals surface area (Å²) >= 11 is 11.7. The van der Waals surface area contributed by atoms with Crippen LogP contribution in [0.1, 0.15) is 15.9 Å². The molecule has 0 aliphatic carbocycles. The largest absolute Gasteiger partial charge is 0.484 e. The summed E-state index contributed by atoms with van der Waals surface area (Å²) in [5.74, 6) is -0.955. The van der Waals surface area contributed by atoms with Crippen LogP contribution in [0.2, 0.25) is 10.0 Å². The SMILES string of the molecule is NC(=O)COc1ccc(/C(N)=N/OC(=O)c2ccc(Cl)cc2Cl)cc1. The van der Waals surface area contributed by atoms with E-state index in [4.69, 9.17) is 44.2 Å². The normalized spacial score (nSPS) is 11.0. The predicted octanol–water partition coefficient (Wildman–Crippen LogP) is 2.33. The maximum absolute atomic E-state index is 11.9. The molecule has 0 atom stereocenters. The molecule has 0 aliphatic heterocycles. The van der Waals surface area contributed by atoms with Gasteiger partial charge in [0.15, 0.2) is 12.4 Å². The summed E-state index contributed by atoms with van der Waals surface area (Å²) in [6.45, 7) is -0.234. The van der Waals surface area contributed by atoms with Crippen molar-refractivity contribution in [3.05, 3.63) is 63.6 Å². The van der Waals surface area contributed by atoms with Gasteiger partial charge in [0.05, 0.1) is 10.6 Å². The maximum Gasteiger partial charge on any atom is 0.367 e. The number of halogens is 2. The van der Waals surface area contributed by atoms with Crippen LogP contribution in [0.5, 0.6) is 5.75 Å². The maximum atomic E-state index is 11.9. The molecular formula is C16H13Cl2N3O4. The Balaban J connectivity index is 2.03. The molecule has 2 aromatic carbocycles. The van der Waals surface area contributed by atoms with Crippen LogP contribution < -0.4 is 16.2 Å². The Morgan fingerprint density at radius 3 is 2.32 bits per heavy atom. The minimum Gasteiger partial charge on any atom is -0.484 e. The highest BCUT2D eigenvalue weighted by Gasteiger charge is 2.13. The molecule has 0 spiro atoms. The van der Waals surface area contributed by atoms with Gasteiger partial charge in [-0.05, 0) is 42.5 Å². The minimum atomic E-state index is -0.772. The Labute approximate surface area is 153 Å². The number of carbonyl (C=O) groups is 2. The van der Waals surface area contributed by atoms with E-state index < -0.39 is 11.9 Å². The monoisotopic (exact) mass is 381 g/mol. The standard InChI is InChI=1S/C16H13Cl2N3O4/c17-10-3-6-12(13(18)7-10)16(23)25-21-15(20)9-1-4-11(5-2-9)24-8-14(19)22/h1-7H,8H2,(H2,19,22)(H2,20,21). The lowest BCUT2D eigenvalue weighted by atomic mass is 10.2. The molecule has 2 aromatic rings. The van der Waals surface area contributed by atoms with Crippen LogP contribution >= 0.6 is 23.2 Å². The number of primary amides is 1. The number of oxime groups is 1. The fourth-order valence-corrected chi connectivity index (χ4v) is 2.21. The lowest BCUT2D eigenvalue weighted by Crippen LogP contribution is -2.20. The van der Waals surface area contributed by atoms with E-state index in [0.29, 0.717) is 16.3 Å². The first-order valence-electron chi connectivity index (χ1n) is 6.88. The predicted molar refractivity (Wildman–Crippen MR) is 93.7 cm³/mol. The fraction of sp³-hybridized carbons (Fsp3) is 0.0625. The highest BCUT2D eigenvalue weighted by molar-refractivity contribution is 6.36. The average molecular weight is 382 g/mol. The Morgan fingerprint density at radius 2 is 1.72 bits per heavy atom. The van der Waals surface area contributed by atoms with Gasteiger partial charge in [-0.3, -0.25) is 4.79 Å². The van der Waals surface area contributed by atoms with Gasteiger partial charge in [-0.15, -0.1) is 0 Å². The second kappa shape index (κ2) is 8.36. The molecule has 1 amide bonds. The highest BCUT2D eigenvalue weighted by atomic mass is 35.5. The number of ether oxygens (including phenoxy) is 1. The van der Waals surface area contributed by atoms with Crippen molar-refractivity contribution in [2.24, 2.45) is 16.6 Å². The number of rotatable bonds is 6. The first kappa shape index (κ1) is 18.6. The van der Waals surface area contributed by atoms with Crippen LogP contribution in [0.25, 0.3) is 0 Å². The summed E-state index contributed by atoms with van der Waals surface area (Å²) in [5, 5.41) is 4.11. The molecule has 0 fully saturated rings. The summed E-state index contributed by atoms with van der Waals surface area (Å²) in [5.41, 5.74) is 11.3. The molecule has 0 unspecified atom stereocenters. The Bertz CT molecular complexity index is 823. The van der Waals surface area contributed by atoms with Crippen molar-refractivity contribution in [2.75, 3.05) is 6.61 Å². The summed E-state index contributed by atoms with van der Waals surface area (Å²) in [4.78, 5) is 27.4. The van der Waals surface area contributed by atoms with Crippen LogP contribution in [-0.4, -0.2) is 24.3 Å². The molecule has 0 heterocycles. The van der Waals surface area contributed by atoms with E-state index in [-0.39, 0.29) is 23.0 Å². The number of nitrogens with two attached hydrogens (primary N) is 2. The van der Waals surface area contributed by atoms with Crippen LogP contribution in [0.15, 0.2) is 47.6 Å². The van der Waals surface area contributed by atoms with Gasteiger partial charge in [0.25, 0.3) is 5.91 Å². The zero-order chi connectivity index (χ0) is 18.4. The zero-order valence-corrected chi connectivity index (χ0v) is 14.3. The zero-order valence-electron chi connectivity index (χ0n) is 12.7. The molecule has 0 saturated heterocycles. The van der Waals surface area contributed by atoms with Crippen molar-refractivity contribution < 1.29 is 19.2 Å². The smallest absolute Gasteiger partial charge is 0.367 e. The van der Waals surface area contributed by atoms with Gasteiger partial charge < -0.3 is 21.0 Å². The van der Waals surface area contributed by atoms with Crippen molar-refractivity contribution in [3.63, 3.8) is 0 Å². The molecular weight excluding hydrogens is 369 g/mol. The lowest BCUT2D eigenvalue weighted by Gasteiger charge is -2.05. The topological polar surface area (TPSA) is 117 Å². The molecule has 9 heteroatoms. The first-order chi connectivity index (χ1) is 11.9. The molecule has 0 bridgehead atoms. The van der Waals surface area contributed by atoms with Crippen molar-refractivity contribution in [2.45, 2.75) is 0 Å². The third-order valence-corrected chi connectivity index (χ3v) is 3.46. The van der Waals surface area contributed by atoms with E-state index in [1.54, 1.807) is 24.3 Å². The number of hydrogen-bond donors (Lipinski definition) is 2. The first-order valence-corrected chi connectivity index (χ1v) is 7.64. The van der Waals surface area contributed by atoms with Crippen LogP contribution in [0.3, 0.4) is 0 Å². The summed E-state index contributed by atoms with van der Waals surface area (Å²) < 4.78 is 5.11. The summed E-state index contributed by atoms with van der Waals surface area (Å²) in [6, 6.07) is 10.6. The minimum absolute atomic E-state index is 0.0279. The van der Waals surface area contributed by atoms with Crippen molar-refractivity contribution in [1.82, 2.24) is 0 Å². The molecule has 130 valence electrons. The van der Waals surface area contributed by atoms with E-state index in [9.17, 15) is 9.59 Å². The third kappa shape index (κ3) is 5.37. The number of hydrogen-bond acceptors (Lipinski definition) is 5. The van der Waals surface area contributed by atoms with Gasteiger partial charge in [0, 0.05) is 10.6 Å². The van der Waals surface area contributed by atoms with Crippen LogP contribution in [0.4, 0.5) is 0 Å². The number of benzene rings is 2. The summed E-state index contributed by atoms with van der Waals surface area (Å²) in [6.07, 6.45) is 0. The molecule has 25 heavy (non-hydrogen) atoms. The van der Waals surface area contributed by atoms with Crippen molar-refractivity contribution >= 4 is 40.9 Å². The van der Waals surface area contributed by atoms with Gasteiger partial charge in [0.1, 0.15) is 5.75 Å². The average Bonchev–Trinajstić information content (AvgIpc) is 2.58. The van der Waals surface area contributed by atoms with Crippen molar-refractivity contribution in [1.29, 1.82) is 0 Å². The molecule has 0 radical (unpaired) electrons. The molecule has 0 saturated carbocycles. The lowest BCUT2D eigenvalue weighted by molar-refractivity contribution is -0.119. The van der Waals surface area contributed by atoms with E-state index in [1.807, 2.05) is 0 Å². The van der Waals surface area contributed by atoms with Gasteiger partial charge >= 0.3 is 5.97 Å². The van der Waals surface area contributed by atoms with E-state index in [0.717, 1.165) is 0 Å². The Hall–Kier alpha value is -2.77. The van der Waals surface area contributed by atoms with Crippen molar-refractivity contribution in [3.8, 4) is 5.75 Å². The Morgan fingerprint density at radius 1 is 1.04 bits per heavy atom. The molecule has 0 aliphatic rings. The number of carbonyl (C=O) groups excluding carboxylic acids is 2. The van der Waals surface area contributed by atoms with Gasteiger partial charge in [0.2, 0.25) is 0 Å². The van der Waals surface area contributed by atoms with Gasteiger partial charge in [-0.25, -0.2) is 4.79 Å². The number of amidine groups is 1. The van der Waals surface area contributed by atoms with Crippen LogP contribution in [-0.2, 0) is 9.63 Å². The van der Waals surface area contributed by atoms with E-state index >= 15 is 0 Å². The molecule has 7 nitrogen and oxygen atoms in total. The van der Waals surface area contributed by atoms with E-state index in [2.05, 4.69) is 5.16 Å². The number of nitrogens with zero attached hydrogens (tertiary/aromatic N) is 1. The van der Waals surface area contributed by atoms with Gasteiger partial charge in [-0.1, -0.05) is 28.4 Å². The third-order valence-electron chi connectivity index (χ3n) is 2.91. The molecule has 4 N–H and O–H groups in total. The van der Waals surface area contributed by atoms with Gasteiger partial charge in [-0.2, -0.15) is 0 Å². The quantitative estimate of drug-likeness (QED) is 0.344.